The van der Waals surface area contributed by atoms with E-state index in [1.54, 1.807) is 48.3 Å². The van der Waals surface area contributed by atoms with Crippen LogP contribution in [0.3, 0.4) is 0 Å². The molecular formula is C22H24N6O3. The van der Waals surface area contributed by atoms with Gasteiger partial charge in [0, 0.05) is 24.4 Å². The number of aliphatic hydroxyl groups excluding tert-OH is 1. The molecule has 0 amide bonds. The van der Waals surface area contributed by atoms with Gasteiger partial charge in [0.25, 0.3) is 0 Å². The van der Waals surface area contributed by atoms with E-state index in [0.29, 0.717) is 40.1 Å². The number of aromatic nitrogens is 4. The van der Waals surface area contributed by atoms with E-state index >= 15 is 0 Å². The minimum absolute atomic E-state index is 0.0897. The molecule has 3 aromatic rings. The van der Waals surface area contributed by atoms with Crippen molar-refractivity contribution < 1.29 is 14.6 Å². The molecule has 0 radical (unpaired) electrons. The molecule has 9 heteroatoms. The van der Waals surface area contributed by atoms with E-state index in [2.05, 4.69) is 21.1 Å². The zero-order valence-electron chi connectivity index (χ0n) is 17.2. The maximum atomic E-state index is 9.97. The Kier molecular flexibility index (Phi) is 6.11. The highest BCUT2D eigenvalue weighted by molar-refractivity contribution is 5.52. The molecule has 1 aromatic carbocycles. The van der Waals surface area contributed by atoms with Crippen LogP contribution in [0.15, 0.2) is 36.7 Å². The molecule has 4 rings (SSSR count). The summed E-state index contributed by atoms with van der Waals surface area (Å²) in [5, 5.41) is 23.6. The molecule has 1 saturated carbocycles. The first-order chi connectivity index (χ1) is 15.1. The lowest BCUT2D eigenvalue weighted by Gasteiger charge is -2.15. The Balaban J connectivity index is 1.65. The fourth-order valence-electron chi connectivity index (χ4n) is 3.55. The molecule has 1 atom stereocenters. The zero-order valence-corrected chi connectivity index (χ0v) is 17.2. The van der Waals surface area contributed by atoms with Crippen molar-refractivity contribution in [3.8, 4) is 29.3 Å². The Hall–Kier alpha value is -3.48. The number of aryl methyl sites for hydroxylation is 1. The quantitative estimate of drug-likeness (QED) is 0.596. The maximum absolute atomic E-state index is 9.97. The molecule has 0 aliphatic heterocycles. The minimum atomic E-state index is -0.809. The number of nitriles is 1. The van der Waals surface area contributed by atoms with Gasteiger partial charge in [0.2, 0.25) is 11.8 Å². The van der Waals surface area contributed by atoms with Crippen molar-refractivity contribution in [1.82, 2.24) is 19.7 Å². The second-order valence-corrected chi connectivity index (χ2v) is 7.48. The van der Waals surface area contributed by atoms with Gasteiger partial charge in [-0.1, -0.05) is 0 Å². The van der Waals surface area contributed by atoms with Gasteiger partial charge < -0.3 is 20.3 Å². The van der Waals surface area contributed by atoms with Crippen LogP contribution in [0.5, 0.6) is 17.5 Å². The fourth-order valence-corrected chi connectivity index (χ4v) is 3.55. The van der Waals surface area contributed by atoms with Gasteiger partial charge >= 0.3 is 0 Å². The Morgan fingerprint density at radius 2 is 2.03 bits per heavy atom. The lowest BCUT2D eigenvalue weighted by molar-refractivity contribution is 0.186. The van der Waals surface area contributed by atoms with Gasteiger partial charge in [-0.15, -0.1) is 0 Å². The van der Waals surface area contributed by atoms with Crippen LogP contribution in [0.4, 0.5) is 0 Å². The van der Waals surface area contributed by atoms with Crippen LogP contribution in [0.25, 0.3) is 5.69 Å². The summed E-state index contributed by atoms with van der Waals surface area (Å²) in [6.45, 7) is 1.86. The summed E-state index contributed by atoms with van der Waals surface area (Å²) in [6.07, 6.45) is 6.93. The van der Waals surface area contributed by atoms with Crippen molar-refractivity contribution in [1.29, 1.82) is 5.26 Å². The Morgan fingerprint density at radius 3 is 2.77 bits per heavy atom. The van der Waals surface area contributed by atoms with E-state index in [1.807, 2.05) is 0 Å². The van der Waals surface area contributed by atoms with Gasteiger partial charge in [-0.2, -0.15) is 20.3 Å². The third kappa shape index (κ3) is 4.82. The van der Waals surface area contributed by atoms with Crippen LogP contribution in [-0.4, -0.2) is 37.5 Å². The molecule has 2 aromatic heterocycles. The lowest BCUT2D eigenvalue weighted by Crippen LogP contribution is -2.12. The largest absolute Gasteiger partial charge is 0.474 e. The molecule has 9 nitrogen and oxygen atoms in total. The minimum Gasteiger partial charge on any atom is -0.474 e. The number of benzene rings is 1. The van der Waals surface area contributed by atoms with Gasteiger partial charge in [0.1, 0.15) is 17.6 Å². The van der Waals surface area contributed by atoms with Crippen LogP contribution >= 0.6 is 0 Å². The Labute approximate surface area is 180 Å². The standard InChI is InChI=1S/C22H24N6O3/c1-14-26-21(30-17-4-2-3-5-17)9-22(27-14)31-20-8-15(10-23)6-7-18(20)28-13-16(12-25-28)19(29)11-24/h6-9,12-13,17,19,29H,2-5,11,24H2,1H3. The number of nitrogens with two attached hydrogens (primary N) is 1. The number of hydrogen-bond donors (Lipinski definition) is 2. The zero-order chi connectivity index (χ0) is 21.8. The van der Waals surface area contributed by atoms with Gasteiger partial charge in [-0.25, -0.2) is 4.68 Å². The van der Waals surface area contributed by atoms with Crippen LogP contribution < -0.4 is 15.2 Å². The van der Waals surface area contributed by atoms with E-state index in [-0.39, 0.29) is 12.6 Å². The van der Waals surface area contributed by atoms with E-state index in [9.17, 15) is 10.4 Å². The van der Waals surface area contributed by atoms with Crippen molar-refractivity contribution in [3.05, 3.63) is 53.6 Å². The summed E-state index contributed by atoms with van der Waals surface area (Å²) in [4.78, 5) is 8.72. The third-order valence-electron chi connectivity index (χ3n) is 5.14. The molecule has 0 saturated heterocycles. The van der Waals surface area contributed by atoms with Crippen molar-refractivity contribution in [2.75, 3.05) is 6.54 Å². The first-order valence-electron chi connectivity index (χ1n) is 10.2. The van der Waals surface area contributed by atoms with E-state index in [1.165, 1.54) is 0 Å². The number of aliphatic hydroxyl groups is 1. The fraction of sp³-hybridized carbons (Fsp3) is 0.364. The summed E-state index contributed by atoms with van der Waals surface area (Å²) in [5.41, 5.74) is 7.14. The van der Waals surface area contributed by atoms with Gasteiger partial charge in [-0.3, -0.25) is 0 Å². The first-order valence-corrected chi connectivity index (χ1v) is 10.2. The topological polar surface area (TPSA) is 132 Å². The van der Waals surface area contributed by atoms with Crippen LogP contribution in [0, 0.1) is 18.3 Å². The molecule has 3 N–H and O–H groups in total. The Bertz CT molecular complexity index is 1100. The van der Waals surface area contributed by atoms with Crippen molar-refractivity contribution in [3.63, 3.8) is 0 Å². The predicted molar refractivity (Wildman–Crippen MR) is 112 cm³/mol. The summed E-state index contributed by atoms with van der Waals surface area (Å²) >= 11 is 0. The summed E-state index contributed by atoms with van der Waals surface area (Å²) < 4.78 is 13.6. The molecular weight excluding hydrogens is 396 g/mol. The third-order valence-corrected chi connectivity index (χ3v) is 5.14. The number of ether oxygens (including phenoxy) is 2. The average Bonchev–Trinajstić information content (AvgIpc) is 3.45. The van der Waals surface area contributed by atoms with Crippen molar-refractivity contribution in [2.45, 2.75) is 44.8 Å². The van der Waals surface area contributed by atoms with E-state index in [4.69, 9.17) is 15.2 Å². The SMILES string of the molecule is Cc1nc(Oc2cc(C#N)ccc2-n2cc(C(O)CN)cn2)cc(OC2CCCC2)n1. The highest BCUT2D eigenvalue weighted by Gasteiger charge is 2.19. The first kappa shape index (κ1) is 20.8. The summed E-state index contributed by atoms with van der Waals surface area (Å²) in [7, 11) is 0. The molecule has 0 spiro atoms. The van der Waals surface area contributed by atoms with Gasteiger partial charge in [0.15, 0.2) is 5.75 Å². The molecule has 1 aliphatic rings. The number of rotatable bonds is 7. The molecule has 0 bridgehead atoms. The number of hydrogen-bond acceptors (Lipinski definition) is 8. The van der Waals surface area contributed by atoms with Gasteiger partial charge in [-0.05, 0) is 44.7 Å². The van der Waals surface area contributed by atoms with Gasteiger partial charge in [0.05, 0.1) is 30.0 Å². The van der Waals surface area contributed by atoms with Crippen LogP contribution in [-0.2, 0) is 0 Å². The van der Waals surface area contributed by atoms with E-state index in [0.717, 1.165) is 25.7 Å². The molecule has 1 unspecified atom stereocenters. The highest BCUT2D eigenvalue weighted by Crippen LogP contribution is 2.31. The maximum Gasteiger partial charge on any atom is 0.226 e. The Morgan fingerprint density at radius 1 is 1.26 bits per heavy atom. The molecule has 1 aliphatic carbocycles. The second kappa shape index (κ2) is 9.12. The molecule has 160 valence electrons. The summed E-state index contributed by atoms with van der Waals surface area (Å²) in [6, 6.07) is 8.78. The normalized spacial score (nSPS) is 14.9. The molecule has 1 fully saturated rings. The van der Waals surface area contributed by atoms with E-state index < -0.39 is 6.10 Å². The lowest BCUT2D eigenvalue weighted by atomic mass is 10.2. The monoisotopic (exact) mass is 420 g/mol. The second-order valence-electron chi connectivity index (χ2n) is 7.48. The highest BCUT2D eigenvalue weighted by atomic mass is 16.5. The van der Waals surface area contributed by atoms with Crippen LogP contribution in [0.2, 0.25) is 0 Å². The molecule has 2 heterocycles. The van der Waals surface area contributed by atoms with Crippen LogP contribution in [0.1, 0.15) is 48.7 Å². The predicted octanol–water partition coefficient (Wildman–Crippen LogP) is 2.95. The van der Waals surface area contributed by atoms with Crippen molar-refractivity contribution >= 4 is 0 Å². The smallest absolute Gasteiger partial charge is 0.226 e. The average molecular weight is 420 g/mol. The van der Waals surface area contributed by atoms with Crippen molar-refractivity contribution in [2.24, 2.45) is 5.73 Å². The molecule has 31 heavy (non-hydrogen) atoms. The summed E-state index contributed by atoms with van der Waals surface area (Å²) in [5.74, 6) is 1.70. The number of nitrogens with zero attached hydrogens (tertiary/aromatic N) is 5.